The van der Waals surface area contributed by atoms with E-state index in [-0.39, 0.29) is 0 Å². The highest BCUT2D eigenvalue weighted by Crippen LogP contribution is 2.29. The van der Waals surface area contributed by atoms with Crippen molar-refractivity contribution in [3.8, 4) is 11.8 Å². The Morgan fingerprint density at radius 1 is 1.03 bits per heavy atom. The van der Waals surface area contributed by atoms with Crippen LogP contribution >= 0.6 is 0 Å². The molecule has 204 valence electrons. The van der Waals surface area contributed by atoms with Crippen LogP contribution in [0.1, 0.15) is 84.8 Å². The van der Waals surface area contributed by atoms with E-state index in [0.717, 1.165) is 93.2 Å². The summed E-state index contributed by atoms with van der Waals surface area (Å²) in [5.41, 5.74) is 3.38. The van der Waals surface area contributed by atoms with E-state index in [4.69, 9.17) is 9.97 Å². The number of nitrogens with zero attached hydrogens (tertiary/aromatic N) is 5. The Balaban J connectivity index is 1.95. The Labute approximate surface area is 226 Å². The molecule has 1 N–H and O–H groups in total. The van der Waals surface area contributed by atoms with Gasteiger partial charge in [-0.1, -0.05) is 39.5 Å². The van der Waals surface area contributed by atoms with Crippen molar-refractivity contribution in [2.45, 2.75) is 92.2 Å². The Kier molecular flexibility index (Phi) is 11.5. The molecule has 0 radical (unpaired) electrons. The second-order valence-electron chi connectivity index (χ2n) is 10.6. The molecule has 0 bridgehead atoms. The summed E-state index contributed by atoms with van der Waals surface area (Å²) in [6, 6.07) is 5.42. The molecule has 6 nitrogen and oxygen atoms in total. The van der Waals surface area contributed by atoms with E-state index in [9.17, 15) is 0 Å². The van der Waals surface area contributed by atoms with Gasteiger partial charge >= 0.3 is 0 Å². The van der Waals surface area contributed by atoms with Crippen LogP contribution in [-0.2, 0) is 6.42 Å². The molecule has 2 heterocycles. The van der Waals surface area contributed by atoms with Crippen molar-refractivity contribution in [1.29, 1.82) is 0 Å². The molecule has 3 rings (SSSR count). The molecule has 6 heteroatoms. The molecule has 0 saturated carbocycles. The van der Waals surface area contributed by atoms with Gasteiger partial charge in [-0.25, -0.2) is 4.98 Å². The third-order valence-electron chi connectivity index (χ3n) is 7.89. The van der Waals surface area contributed by atoms with Crippen molar-refractivity contribution in [2.75, 3.05) is 56.5 Å². The zero-order chi connectivity index (χ0) is 26.8. The quantitative estimate of drug-likeness (QED) is 0.347. The molecule has 1 aromatic carbocycles. The average molecular weight is 507 g/mol. The van der Waals surface area contributed by atoms with Crippen molar-refractivity contribution in [3.63, 3.8) is 0 Å². The summed E-state index contributed by atoms with van der Waals surface area (Å²) in [7, 11) is 2.21. The lowest BCUT2D eigenvalue weighted by molar-refractivity contribution is 0.264. The van der Waals surface area contributed by atoms with Crippen LogP contribution in [0, 0.1) is 11.8 Å². The summed E-state index contributed by atoms with van der Waals surface area (Å²) in [6.45, 7) is 19.7. The molecule has 1 aliphatic rings. The van der Waals surface area contributed by atoms with Crippen molar-refractivity contribution >= 4 is 22.7 Å². The Hall–Kier alpha value is -2.36. The first kappa shape index (κ1) is 29.2. The highest BCUT2D eigenvalue weighted by Gasteiger charge is 2.20. The molecule has 37 heavy (non-hydrogen) atoms. The minimum atomic E-state index is 0.371. The minimum Gasteiger partial charge on any atom is -0.367 e. The summed E-state index contributed by atoms with van der Waals surface area (Å²) in [5.74, 6) is 8.75. The predicted molar refractivity (Wildman–Crippen MR) is 160 cm³/mol. The molecule has 1 saturated heterocycles. The first-order valence-electron chi connectivity index (χ1n) is 14.7. The van der Waals surface area contributed by atoms with E-state index < -0.39 is 0 Å². The van der Waals surface area contributed by atoms with E-state index in [1.807, 2.05) is 0 Å². The fourth-order valence-corrected chi connectivity index (χ4v) is 4.89. The molecule has 1 fully saturated rings. The number of fused-ring (bicyclic) bond motifs is 1. The maximum absolute atomic E-state index is 5.10. The number of nitrogens with one attached hydrogen (secondary N) is 1. The highest BCUT2D eigenvalue weighted by atomic mass is 15.3. The number of hydrogen-bond acceptors (Lipinski definition) is 6. The second kappa shape index (κ2) is 14.5. The molecule has 1 atom stereocenters. The van der Waals surface area contributed by atoms with Crippen LogP contribution in [0.4, 0.5) is 11.8 Å². The summed E-state index contributed by atoms with van der Waals surface area (Å²) in [5, 5.41) is 4.95. The van der Waals surface area contributed by atoms with E-state index in [1.54, 1.807) is 0 Å². The van der Waals surface area contributed by atoms with Gasteiger partial charge < -0.3 is 20.0 Å². The lowest BCUT2D eigenvalue weighted by atomic mass is 10.0. The Morgan fingerprint density at radius 3 is 2.38 bits per heavy atom. The van der Waals surface area contributed by atoms with Crippen molar-refractivity contribution in [2.24, 2.45) is 0 Å². The molecule has 2 aromatic rings. The zero-order valence-corrected chi connectivity index (χ0v) is 24.5. The fraction of sp³-hybridized carbons (Fsp3) is 0.677. The van der Waals surface area contributed by atoms with Gasteiger partial charge in [-0.3, -0.25) is 0 Å². The first-order chi connectivity index (χ1) is 17.9. The van der Waals surface area contributed by atoms with Crippen LogP contribution in [0.2, 0.25) is 0 Å². The largest absolute Gasteiger partial charge is 0.367 e. The molecular weight excluding hydrogens is 456 g/mol. The number of anilines is 2. The number of rotatable bonds is 13. The van der Waals surface area contributed by atoms with Crippen molar-refractivity contribution in [1.82, 2.24) is 19.8 Å². The maximum atomic E-state index is 5.10. The van der Waals surface area contributed by atoms with Crippen LogP contribution in [0.5, 0.6) is 0 Å². The SMILES string of the molecule is CCc1cc2c(NC(CC)CCN(C)C(C)C)nc(N3CCCC3)nc2cc1C#CCCN(CC)CC. The Bertz CT molecular complexity index is 1040. The van der Waals surface area contributed by atoms with Gasteiger partial charge in [0, 0.05) is 55.6 Å². The van der Waals surface area contributed by atoms with Gasteiger partial charge in [-0.05, 0) is 83.8 Å². The van der Waals surface area contributed by atoms with Gasteiger partial charge in [-0.2, -0.15) is 4.98 Å². The molecule has 0 aliphatic carbocycles. The minimum absolute atomic E-state index is 0.371. The van der Waals surface area contributed by atoms with Gasteiger partial charge in [0.1, 0.15) is 5.82 Å². The van der Waals surface area contributed by atoms with Gasteiger partial charge in [-0.15, -0.1) is 0 Å². The summed E-state index contributed by atoms with van der Waals surface area (Å²) in [6.07, 6.45) is 6.41. The van der Waals surface area contributed by atoms with Gasteiger partial charge in [0.2, 0.25) is 5.95 Å². The maximum Gasteiger partial charge on any atom is 0.227 e. The summed E-state index contributed by atoms with van der Waals surface area (Å²) < 4.78 is 0. The molecule has 1 unspecified atom stereocenters. The van der Waals surface area contributed by atoms with Crippen LogP contribution in [0.25, 0.3) is 10.9 Å². The van der Waals surface area contributed by atoms with Crippen molar-refractivity contribution in [3.05, 3.63) is 23.3 Å². The lowest BCUT2D eigenvalue weighted by Crippen LogP contribution is -2.32. The molecule has 0 spiro atoms. The van der Waals surface area contributed by atoms with E-state index >= 15 is 0 Å². The van der Waals surface area contributed by atoms with E-state index in [2.05, 4.69) is 92.6 Å². The van der Waals surface area contributed by atoms with E-state index in [0.29, 0.717) is 12.1 Å². The third-order valence-corrected chi connectivity index (χ3v) is 7.89. The van der Waals surface area contributed by atoms with Crippen LogP contribution < -0.4 is 10.2 Å². The number of aromatic nitrogens is 2. The Morgan fingerprint density at radius 2 is 1.76 bits per heavy atom. The molecule has 0 amide bonds. The predicted octanol–water partition coefficient (Wildman–Crippen LogP) is 5.80. The van der Waals surface area contributed by atoms with Gasteiger partial charge in [0.25, 0.3) is 0 Å². The van der Waals surface area contributed by atoms with Crippen LogP contribution in [-0.4, -0.2) is 78.2 Å². The van der Waals surface area contributed by atoms with Gasteiger partial charge in [0.05, 0.1) is 5.52 Å². The monoisotopic (exact) mass is 506 g/mol. The zero-order valence-electron chi connectivity index (χ0n) is 24.5. The number of aryl methyl sites for hydroxylation is 1. The fourth-order valence-electron chi connectivity index (χ4n) is 4.89. The first-order valence-corrected chi connectivity index (χ1v) is 14.7. The lowest BCUT2D eigenvalue weighted by Gasteiger charge is -2.26. The standard InChI is InChI=1S/C31H50N6/c1-8-25-22-28-29(23-26(25)16-12-13-18-36(10-3)11-4)33-31(37-19-14-15-20-37)34-30(28)32-27(9-2)17-21-35(7)24(5)6/h22-24,27H,8-11,13-15,17-21H2,1-7H3,(H,32,33,34). The highest BCUT2D eigenvalue weighted by molar-refractivity contribution is 5.92. The molecule has 1 aliphatic heterocycles. The third kappa shape index (κ3) is 8.06. The molecular formula is C31H50N6. The topological polar surface area (TPSA) is 47.5 Å². The summed E-state index contributed by atoms with van der Waals surface area (Å²) in [4.78, 5) is 17.3. The number of benzene rings is 1. The average Bonchev–Trinajstić information content (AvgIpc) is 3.45. The normalized spacial score (nSPS) is 14.6. The van der Waals surface area contributed by atoms with Crippen LogP contribution in [0.15, 0.2) is 12.1 Å². The second-order valence-corrected chi connectivity index (χ2v) is 10.6. The molecule has 1 aromatic heterocycles. The van der Waals surface area contributed by atoms with Crippen molar-refractivity contribution < 1.29 is 0 Å². The van der Waals surface area contributed by atoms with Crippen LogP contribution in [0.3, 0.4) is 0 Å². The smallest absolute Gasteiger partial charge is 0.227 e. The van der Waals surface area contributed by atoms with E-state index in [1.165, 1.54) is 18.4 Å². The number of hydrogen-bond donors (Lipinski definition) is 1. The van der Waals surface area contributed by atoms with Gasteiger partial charge in [0.15, 0.2) is 0 Å². The summed E-state index contributed by atoms with van der Waals surface area (Å²) >= 11 is 0.